The first kappa shape index (κ1) is 21.0. The number of anilines is 1. The number of H-pyrrole nitrogens is 2. The van der Waals surface area contributed by atoms with Gasteiger partial charge in [0, 0.05) is 51.1 Å². The lowest BCUT2D eigenvalue weighted by Gasteiger charge is -2.24. The molecule has 1 aliphatic rings. The highest BCUT2D eigenvalue weighted by Gasteiger charge is 2.25. The molecule has 8 nitrogen and oxygen atoms in total. The number of nitrogens with one attached hydrogen (secondary N) is 3. The minimum Gasteiger partial charge on any atom is -0.353 e. The second-order valence-corrected chi connectivity index (χ2v) is 9.86. The first-order chi connectivity index (χ1) is 17.7. The van der Waals surface area contributed by atoms with Gasteiger partial charge < -0.3 is 10.3 Å². The largest absolute Gasteiger partial charge is 0.353 e. The molecule has 0 saturated heterocycles. The molecule has 0 spiro atoms. The van der Waals surface area contributed by atoms with Crippen molar-refractivity contribution in [3.8, 4) is 33.9 Å². The minimum absolute atomic E-state index is 0.0656. The molecule has 6 heterocycles. The third-order valence-electron chi connectivity index (χ3n) is 6.82. The molecule has 3 N–H and O–H groups in total. The van der Waals surface area contributed by atoms with E-state index in [-0.39, 0.29) is 11.8 Å². The van der Waals surface area contributed by atoms with Crippen LogP contribution in [0.5, 0.6) is 0 Å². The predicted molar refractivity (Wildman–Crippen MR) is 141 cm³/mol. The molecule has 6 aromatic heterocycles. The first-order valence-corrected chi connectivity index (χ1v) is 12.8. The van der Waals surface area contributed by atoms with Gasteiger partial charge in [-0.25, -0.2) is 0 Å². The Morgan fingerprint density at radius 3 is 2.72 bits per heavy atom. The summed E-state index contributed by atoms with van der Waals surface area (Å²) in [4.78, 5) is 29.5. The summed E-state index contributed by atoms with van der Waals surface area (Å²) in [7, 11) is 0. The molecule has 0 aliphatic heterocycles. The van der Waals surface area contributed by atoms with Gasteiger partial charge in [-0.1, -0.05) is 6.42 Å². The molecule has 9 heteroatoms. The maximum atomic E-state index is 12.4. The van der Waals surface area contributed by atoms with Crippen LogP contribution in [0.15, 0.2) is 65.9 Å². The summed E-state index contributed by atoms with van der Waals surface area (Å²) in [6, 6.07) is 10.1. The van der Waals surface area contributed by atoms with Crippen LogP contribution >= 0.6 is 11.3 Å². The second kappa shape index (κ2) is 8.39. The smallest absolute Gasteiger partial charge is 0.227 e. The summed E-state index contributed by atoms with van der Waals surface area (Å²) in [6.07, 6.45) is 10.1. The SMILES string of the molecule is O=C(Nc1cncc(-c2cc3c(-c4cc5c(-c6ccsc6)nccc5[nH]4)n[nH]c3cn2)c1)C1CCC1. The van der Waals surface area contributed by atoms with Crippen LogP contribution in [0.25, 0.3) is 55.7 Å². The maximum absolute atomic E-state index is 12.4. The fourth-order valence-electron chi connectivity index (χ4n) is 4.65. The number of aromatic nitrogens is 6. The summed E-state index contributed by atoms with van der Waals surface area (Å²) in [5, 5.41) is 16.8. The van der Waals surface area contributed by atoms with E-state index in [0.29, 0.717) is 5.69 Å². The number of aromatic amines is 2. The lowest BCUT2D eigenvalue weighted by Crippen LogP contribution is -2.28. The normalized spacial score (nSPS) is 13.8. The monoisotopic (exact) mass is 491 g/mol. The number of nitrogens with zero attached hydrogens (tertiary/aromatic N) is 4. The zero-order valence-corrected chi connectivity index (χ0v) is 20.0. The Hall–Kier alpha value is -4.37. The number of rotatable bonds is 5. The van der Waals surface area contributed by atoms with Gasteiger partial charge in [0.15, 0.2) is 0 Å². The van der Waals surface area contributed by atoms with Crippen LogP contribution in [0, 0.1) is 5.92 Å². The Kier molecular flexibility index (Phi) is 4.88. The number of amides is 1. The van der Waals surface area contributed by atoms with Crippen molar-refractivity contribution >= 4 is 44.7 Å². The van der Waals surface area contributed by atoms with Crippen molar-refractivity contribution in [2.24, 2.45) is 5.92 Å². The quantitative estimate of drug-likeness (QED) is 0.273. The van der Waals surface area contributed by atoms with Gasteiger partial charge in [-0.2, -0.15) is 16.4 Å². The molecule has 0 unspecified atom stereocenters. The van der Waals surface area contributed by atoms with Crippen molar-refractivity contribution in [1.29, 1.82) is 0 Å². The van der Waals surface area contributed by atoms with Crippen molar-refractivity contribution < 1.29 is 4.79 Å². The fourth-order valence-corrected chi connectivity index (χ4v) is 5.29. The molecule has 6 aromatic rings. The van der Waals surface area contributed by atoms with Crippen molar-refractivity contribution in [2.45, 2.75) is 19.3 Å². The summed E-state index contributed by atoms with van der Waals surface area (Å²) in [5.74, 6) is 0.180. The van der Waals surface area contributed by atoms with E-state index in [4.69, 9.17) is 0 Å². The number of thiophene rings is 1. The zero-order valence-electron chi connectivity index (χ0n) is 19.2. The van der Waals surface area contributed by atoms with Gasteiger partial charge in [-0.05, 0) is 48.6 Å². The number of hydrogen-bond donors (Lipinski definition) is 3. The molecule has 0 radical (unpaired) electrons. The van der Waals surface area contributed by atoms with E-state index in [0.717, 1.165) is 75.0 Å². The van der Waals surface area contributed by atoms with Crippen LogP contribution in [0.4, 0.5) is 5.69 Å². The third-order valence-corrected chi connectivity index (χ3v) is 7.51. The van der Waals surface area contributed by atoms with E-state index in [9.17, 15) is 4.79 Å². The maximum Gasteiger partial charge on any atom is 0.227 e. The van der Waals surface area contributed by atoms with Crippen molar-refractivity contribution in [1.82, 2.24) is 30.1 Å². The highest BCUT2D eigenvalue weighted by atomic mass is 32.1. The van der Waals surface area contributed by atoms with Crippen LogP contribution in [-0.2, 0) is 4.79 Å². The summed E-state index contributed by atoms with van der Waals surface area (Å²) in [6.45, 7) is 0. The van der Waals surface area contributed by atoms with Crippen LogP contribution in [0.3, 0.4) is 0 Å². The number of hydrogen-bond acceptors (Lipinski definition) is 6. The Balaban J connectivity index is 1.26. The molecule has 0 aromatic carbocycles. The van der Waals surface area contributed by atoms with E-state index < -0.39 is 0 Å². The topological polar surface area (TPSA) is 112 Å². The number of carbonyl (C=O) groups is 1. The molecule has 0 bridgehead atoms. The standard InChI is InChI=1S/C27H21N7OS/c35-27(15-2-1-3-15)31-18-8-17(11-28-12-18)22-9-20-24(13-30-22)33-34-26(20)23-10-19-21(32-23)4-6-29-25(19)16-5-7-36-14-16/h4-15,32H,1-3H2,(H,31,35)(H,33,34). The molecule has 1 aliphatic carbocycles. The molecular weight excluding hydrogens is 470 g/mol. The van der Waals surface area contributed by atoms with Gasteiger partial charge in [-0.3, -0.25) is 24.8 Å². The van der Waals surface area contributed by atoms with Crippen LogP contribution < -0.4 is 5.32 Å². The van der Waals surface area contributed by atoms with Crippen LogP contribution in [-0.4, -0.2) is 36.0 Å². The Labute approximate surface area is 209 Å². The van der Waals surface area contributed by atoms with Gasteiger partial charge in [0.25, 0.3) is 0 Å². The number of fused-ring (bicyclic) bond motifs is 2. The predicted octanol–water partition coefficient (Wildman–Crippen LogP) is 6.03. The van der Waals surface area contributed by atoms with Crippen LogP contribution in [0.1, 0.15) is 19.3 Å². The molecular formula is C27H21N7OS. The number of pyridine rings is 3. The number of carbonyl (C=O) groups excluding carboxylic acids is 1. The molecule has 176 valence electrons. The molecule has 1 saturated carbocycles. The molecule has 36 heavy (non-hydrogen) atoms. The third kappa shape index (κ3) is 3.56. The van der Waals surface area contributed by atoms with E-state index in [1.165, 1.54) is 0 Å². The van der Waals surface area contributed by atoms with Crippen molar-refractivity contribution in [3.05, 3.63) is 65.9 Å². The van der Waals surface area contributed by atoms with Gasteiger partial charge in [0.05, 0.1) is 40.7 Å². The van der Waals surface area contributed by atoms with Gasteiger partial charge >= 0.3 is 0 Å². The average molecular weight is 492 g/mol. The van der Waals surface area contributed by atoms with Gasteiger partial charge in [0.2, 0.25) is 5.91 Å². The Morgan fingerprint density at radius 2 is 1.89 bits per heavy atom. The molecule has 0 atom stereocenters. The Morgan fingerprint density at radius 1 is 0.972 bits per heavy atom. The molecule has 7 rings (SSSR count). The van der Waals surface area contributed by atoms with Gasteiger partial charge in [-0.15, -0.1) is 0 Å². The lowest BCUT2D eigenvalue weighted by molar-refractivity contribution is -0.122. The highest BCUT2D eigenvalue weighted by Crippen LogP contribution is 2.34. The molecule has 1 amide bonds. The highest BCUT2D eigenvalue weighted by molar-refractivity contribution is 7.08. The van der Waals surface area contributed by atoms with E-state index in [1.54, 1.807) is 29.9 Å². The van der Waals surface area contributed by atoms with E-state index in [2.05, 4.69) is 58.3 Å². The summed E-state index contributed by atoms with van der Waals surface area (Å²) in [5.41, 5.74) is 7.88. The second-order valence-electron chi connectivity index (χ2n) is 9.08. The van der Waals surface area contributed by atoms with Crippen LogP contribution in [0.2, 0.25) is 0 Å². The summed E-state index contributed by atoms with van der Waals surface area (Å²) >= 11 is 1.66. The minimum atomic E-state index is 0.0656. The Bertz CT molecular complexity index is 1730. The first-order valence-electron chi connectivity index (χ1n) is 11.8. The van der Waals surface area contributed by atoms with E-state index in [1.807, 2.05) is 24.4 Å². The fraction of sp³-hybridized carbons (Fsp3) is 0.148. The zero-order chi connectivity index (χ0) is 24.1. The average Bonchev–Trinajstić information content (AvgIpc) is 3.61. The summed E-state index contributed by atoms with van der Waals surface area (Å²) < 4.78 is 0. The van der Waals surface area contributed by atoms with Gasteiger partial charge in [0.1, 0.15) is 5.69 Å². The lowest BCUT2D eigenvalue weighted by atomic mass is 9.85. The van der Waals surface area contributed by atoms with E-state index >= 15 is 0 Å². The van der Waals surface area contributed by atoms with Crippen molar-refractivity contribution in [2.75, 3.05) is 5.32 Å². The molecule has 1 fully saturated rings. The van der Waals surface area contributed by atoms with Crippen molar-refractivity contribution in [3.63, 3.8) is 0 Å².